The number of aryl methyl sites for hydroxylation is 1. The minimum atomic E-state index is -0.672. The van der Waals surface area contributed by atoms with E-state index in [1.54, 1.807) is 31.4 Å². The molecule has 28 heavy (non-hydrogen) atoms. The number of anilines is 2. The minimum absolute atomic E-state index is 0.422. The second-order valence-corrected chi connectivity index (χ2v) is 6.83. The molecule has 1 heterocycles. The summed E-state index contributed by atoms with van der Waals surface area (Å²) in [6, 6.07) is 13.3. The molecule has 1 aliphatic heterocycles. The number of fused-ring (bicyclic) bond motifs is 1. The van der Waals surface area contributed by atoms with E-state index in [2.05, 4.69) is 40.7 Å². The molecule has 0 bridgehead atoms. The summed E-state index contributed by atoms with van der Waals surface area (Å²) >= 11 is 0. The quantitative estimate of drug-likeness (QED) is 0.755. The third-order valence-electron chi connectivity index (χ3n) is 4.99. The predicted molar refractivity (Wildman–Crippen MR) is 111 cm³/mol. The fraction of sp³-hybridized carbons (Fsp3) is 0.364. The molecule has 6 heteroatoms. The van der Waals surface area contributed by atoms with Crippen molar-refractivity contribution < 1.29 is 14.3 Å². The van der Waals surface area contributed by atoms with Crippen molar-refractivity contribution in [3.05, 3.63) is 53.6 Å². The Morgan fingerprint density at radius 2 is 1.89 bits per heavy atom. The predicted octanol–water partition coefficient (Wildman–Crippen LogP) is 2.77. The lowest BCUT2D eigenvalue weighted by Gasteiger charge is -2.30. The summed E-state index contributed by atoms with van der Waals surface area (Å²) in [7, 11) is 1.57. The third-order valence-corrected chi connectivity index (χ3v) is 4.99. The van der Waals surface area contributed by atoms with Crippen molar-refractivity contribution in [2.75, 3.05) is 37.0 Å². The molecule has 0 aliphatic carbocycles. The lowest BCUT2D eigenvalue weighted by molar-refractivity contribution is -0.136. The van der Waals surface area contributed by atoms with E-state index >= 15 is 0 Å². The van der Waals surface area contributed by atoms with Crippen LogP contribution in [0.15, 0.2) is 42.5 Å². The number of nitrogens with zero attached hydrogens (tertiary/aromatic N) is 1. The maximum Gasteiger partial charge on any atom is 0.313 e. The van der Waals surface area contributed by atoms with Gasteiger partial charge < -0.3 is 20.3 Å². The zero-order valence-electron chi connectivity index (χ0n) is 16.5. The van der Waals surface area contributed by atoms with E-state index in [-0.39, 0.29) is 0 Å². The third kappa shape index (κ3) is 4.82. The van der Waals surface area contributed by atoms with Gasteiger partial charge in [0, 0.05) is 31.0 Å². The lowest BCUT2D eigenvalue weighted by atomic mass is 9.98. The van der Waals surface area contributed by atoms with E-state index in [0.717, 1.165) is 19.5 Å². The van der Waals surface area contributed by atoms with Gasteiger partial charge >= 0.3 is 11.8 Å². The van der Waals surface area contributed by atoms with Crippen LogP contribution >= 0.6 is 0 Å². The van der Waals surface area contributed by atoms with E-state index in [9.17, 15) is 9.59 Å². The maximum atomic E-state index is 12.0. The molecule has 0 saturated carbocycles. The molecule has 2 amide bonds. The first-order valence-electron chi connectivity index (χ1n) is 9.70. The van der Waals surface area contributed by atoms with Gasteiger partial charge in [0.1, 0.15) is 5.75 Å². The number of carbonyl (C=O) groups excluding carboxylic acids is 2. The highest BCUT2D eigenvalue weighted by Crippen LogP contribution is 2.27. The van der Waals surface area contributed by atoms with Crippen molar-refractivity contribution >= 4 is 23.2 Å². The lowest BCUT2D eigenvalue weighted by Crippen LogP contribution is -2.36. The van der Waals surface area contributed by atoms with Crippen molar-refractivity contribution in [2.24, 2.45) is 0 Å². The number of ether oxygens (including phenoxy) is 1. The maximum absolute atomic E-state index is 12.0. The molecule has 0 saturated heterocycles. The largest absolute Gasteiger partial charge is 0.497 e. The Kier molecular flexibility index (Phi) is 6.53. The normalized spacial score (nSPS) is 12.9. The van der Waals surface area contributed by atoms with Gasteiger partial charge in [0.15, 0.2) is 0 Å². The first-order chi connectivity index (χ1) is 13.6. The molecule has 0 atom stereocenters. The second-order valence-electron chi connectivity index (χ2n) is 6.83. The molecule has 2 N–H and O–H groups in total. The van der Waals surface area contributed by atoms with Crippen LogP contribution in [0.3, 0.4) is 0 Å². The highest BCUT2D eigenvalue weighted by molar-refractivity contribution is 6.39. The van der Waals surface area contributed by atoms with Gasteiger partial charge in [-0.15, -0.1) is 0 Å². The summed E-state index contributed by atoms with van der Waals surface area (Å²) in [5, 5.41) is 5.27. The van der Waals surface area contributed by atoms with Crippen LogP contribution in [0, 0.1) is 0 Å². The summed E-state index contributed by atoms with van der Waals surface area (Å²) < 4.78 is 5.07. The van der Waals surface area contributed by atoms with E-state index in [0.29, 0.717) is 24.4 Å². The van der Waals surface area contributed by atoms with Crippen LogP contribution in [0.4, 0.5) is 11.4 Å². The second kappa shape index (κ2) is 9.26. The summed E-state index contributed by atoms with van der Waals surface area (Å²) in [6.07, 6.45) is 2.96. The fourth-order valence-electron chi connectivity index (χ4n) is 3.48. The number of benzene rings is 2. The summed E-state index contributed by atoms with van der Waals surface area (Å²) in [5.41, 5.74) is 4.42. The van der Waals surface area contributed by atoms with Crippen molar-refractivity contribution in [3.63, 3.8) is 0 Å². The number of hydrogen-bond acceptors (Lipinski definition) is 4. The van der Waals surface area contributed by atoms with Gasteiger partial charge in [-0.1, -0.05) is 12.1 Å². The molecule has 0 spiro atoms. The Morgan fingerprint density at radius 3 is 2.61 bits per heavy atom. The molecular formula is C22H27N3O3. The molecule has 2 aromatic rings. The standard InChI is InChI=1S/C22H27N3O3/c1-3-25-14-4-5-17-15-16(6-11-20(17)25)12-13-23-21(26)22(27)24-18-7-9-19(28-2)10-8-18/h6-11,15H,3-5,12-14H2,1-2H3,(H,23,26)(H,24,27). The first-order valence-corrected chi connectivity index (χ1v) is 9.70. The monoisotopic (exact) mass is 381 g/mol. The van der Waals surface area contributed by atoms with Gasteiger partial charge in [-0.2, -0.15) is 0 Å². The molecule has 6 nitrogen and oxygen atoms in total. The summed E-state index contributed by atoms with van der Waals surface area (Å²) in [5.74, 6) is -0.616. The van der Waals surface area contributed by atoms with Crippen molar-refractivity contribution in [1.29, 1.82) is 0 Å². The van der Waals surface area contributed by atoms with E-state index < -0.39 is 11.8 Å². The molecule has 0 fully saturated rings. The number of amides is 2. The molecule has 3 rings (SSSR count). The number of rotatable bonds is 6. The minimum Gasteiger partial charge on any atom is -0.497 e. The van der Waals surface area contributed by atoms with Crippen molar-refractivity contribution in [2.45, 2.75) is 26.2 Å². The van der Waals surface area contributed by atoms with Crippen LogP contribution in [0.25, 0.3) is 0 Å². The SMILES string of the molecule is CCN1CCCc2cc(CCNC(=O)C(=O)Nc3ccc(OC)cc3)ccc21. The highest BCUT2D eigenvalue weighted by atomic mass is 16.5. The van der Waals surface area contributed by atoms with Crippen LogP contribution in [0.2, 0.25) is 0 Å². The summed E-state index contributed by atoms with van der Waals surface area (Å²) in [4.78, 5) is 26.4. The fourth-order valence-corrected chi connectivity index (χ4v) is 3.48. The average molecular weight is 381 g/mol. The van der Waals surface area contributed by atoms with Crippen LogP contribution in [-0.2, 0) is 22.4 Å². The van der Waals surface area contributed by atoms with E-state index in [4.69, 9.17) is 4.74 Å². The number of nitrogens with one attached hydrogen (secondary N) is 2. The van der Waals surface area contributed by atoms with E-state index in [1.165, 1.54) is 23.2 Å². The van der Waals surface area contributed by atoms with E-state index in [1.807, 2.05) is 0 Å². The zero-order chi connectivity index (χ0) is 19.9. The number of carbonyl (C=O) groups is 2. The molecule has 148 valence electrons. The van der Waals surface area contributed by atoms with Gasteiger partial charge in [-0.25, -0.2) is 0 Å². The van der Waals surface area contributed by atoms with Crippen LogP contribution in [0.1, 0.15) is 24.5 Å². The molecule has 0 radical (unpaired) electrons. The van der Waals surface area contributed by atoms with Gasteiger partial charge in [0.2, 0.25) is 0 Å². The van der Waals surface area contributed by atoms with Gasteiger partial charge in [-0.3, -0.25) is 9.59 Å². The first kappa shape index (κ1) is 19.7. The molecule has 0 unspecified atom stereocenters. The van der Waals surface area contributed by atoms with Crippen LogP contribution in [-0.4, -0.2) is 38.6 Å². The van der Waals surface area contributed by atoms with Crippen LogP contribution < -0.4 is 20.3 Å². The molecule has 0 aromatic heterocycles. The smallest absolute Gasteiger partial charge is 0.313 e. The van der Waals surface area contributed by atoms with Crippen molar-refractivity contribution in [3.8, 4) is 5.75 Å². The molecule has 1 aliphatic rings. The molecular weight excluding hydrogens is 354 g/mol. The number of hydrogen-bond donors (Lipinski definition) is 2. The Labute approximate surface area is 165 Å². The highest BCUT2D eigenvalue weighted by Gasteiger charge is 2.16. The Morgan fingerprint density at radius 1 is 1.11 bits per heavy atom. The Bertz CT molecular complexity index is 833. The van der Waals surface area contributed by atoms with Gasteiger partial charge in [0.05, 0.1) is 7.11 Å². The van der Waals surface area contributed by atoms with Crippen molar-refractivity contribution in [1.82, 2.24) is 5.32 Å². The van der Waals surface area contributed by atoms with Gasteiger partial charge in [-0.05, 0) is 67.6 Å². The van der Waals surface area contributed by atoms with Gasteiger partial charge in [0.25, 0.3) is 0 Å². The summed E-state index contributed by atoms with van der Waals surface area (Å²) in [6.45, 7) is 4.73. The Hall–Kier alpha value is -3.02. The average Bonchev–Trinajstić information content (AvgIpc) is 2.73. The van der Waals surface area contributed by atoms with Crippen LogP contribution in [0.5, 0.6) is 5.75 Å². The number of methoxy groups -OCH3 is 1. The zero-order valence-corrected chi connectivity index (χ0v) is 16.5. The molecule has 2 aromatic carbocycles. The topological polar surface area (TPSA) is 70.7 Å². The Balaban J connectivity index is 1.48.